The van der Waals surface area contributed by atoms with Gasteiger partial charge in [0, 0.05) is 13.5 Å². The lowest BCUT2D eigenvalue weighted by atomic mass is 10.1. The van der Waals surface area contributed by atoms with E-state index < -0.39 is 0 Å². The molecule has 0 unspecified atom stereocenters. The van der Waals surface area contributed by atoms with E-state index >= 15 is 0 Å². The Morgan fingerprint density at radius 3 is 2.92 bits per heavy atom. The molecular formula is C9H14N2O. The Bertz CT molecular complexity index is 302. The van der Waals surface area contributed by atoms with Crippen molar-refractivity contribution in [2.45, 2.75) is 26.2 Å². The largest absolute Gasteiger partial charge is 0.489 e. The summed E-state index contributed by atoms with van der Waals surface area (Å²) in [6, 6.07) is 0. The third kappa shape index (κ3) is 0.924. The summed E-state index contributed by atoms with van der Waals surface area (Å²) >= 11 is 0. The first-order chi connectivity index (χ1) is 5.70. The number of hydrogen-bond acceptors (Lipinski definition) is 2. The number of hydrogen-bond donors (Lipinski definition) is 0. The molecule has 0 saturated heterocycles. The van der Waals surface area contributed by atoms with Crippen molar-refractivity contribution in [3.8, 4) is 5.75 Å². The van der Waals surface area contributed by atoms with Crippen LogP contribution in [-0.2, 0) is 13.5 Å². The second kappa shape index (κ2) is 2.51. The Hall–Kier alpha value is -0.990. The first-order valence-electron chi connectivity index (χ1n) is 4.38. The monoisotopic (exact) mass is 166 g/mol. The molecule has 0 N–H and O–H groups in total. The van der Waals surface area contributed by atoms with E-state index in [4.69, 9.17) is 4.74 Å². The summed E-state index contributed by atoms with van der Waals surface area (Å²) in [5.41, 5.74) is 2.35. The number of rotatable bonds is 1. The molecule has 0 bridgehead atoms. The molecule has 0 saturated carbocycles. The molecular weight excluding hydrogens is 152 g/mol. The fraction of sp³-hybridized carbons (Fsp3) is 0.667. The van der Waals surface area contributed by atoms with E-state index in [-0.39, 0.29) is 0 Å². The Kier molecular flexibility index (Phi) is 1.60. The molecule has 1 aliphatic rings. The maximum atomic E-state index is 5.53. The zero-order valence-electron chi connectivity index (χ0n) is 7.79. The summed E-state index contributed by atoms with van der Waals surface area (Å²) < 4.78 is 7.47. The maximum absolute atomic E-state index is 5.53. The van der Waals surface area contributed by atoms with Gasteiger partial charge < -0.3 is 4.74 Å². The van der Waals surface area contributed by atoms with Gasteiger partial charge in [-0.15, -0.1) is 0 Å². The van der Waals surface area contributed by atoms with Crippen LogP contribution in [0.2, 0.25) is 0 Å². The van der Waals surface area contributed by atoms with E-state index in [9.17, 15) is 0 Å². The lowest BCUT2D eigenvalue weighted by Gasteiger charge is -2.07. The number of ether oxygens (including phenoxy) is 1. The van der Waals surface area contributed by atoms with Crippen molar-refractivity contribution in [3.05, 3.63) is 11.4 Å². The first-order valence-corrected chi connectivity index (χ1v) is 4.38. The molecule has 1 aliphatic heterocycles. The number of fused-ring (bicyclic) bond motifs is 1. The Morgan fingerprint density at radius 1 is 1.50 bits per heavy atom. The highest BCUT2D eigenvalue weighted by Crippen LogP contribution is 2.33. The Morgan fingerprint density at radius 2 is 2.25 bits per heavy atom. The van der Waals surface area contributed by atoms with Crippen LogP contribution in [0.4, 0.5) is 0 Å². The lowest BCUT2D eigenvalue weighted by molar-refractivity contribution is 0.347. The molecule has 2 heterocycles. The van der Waals surface area contributed by atoms with Crippen LogP contribution in [0.15, 0.2) is 0 Å². The first kappa shape index (κ1) is 7.65. The van der Waals surface area contributed by atoms with Gasteiger partial charge in [-0.1, -0.05) is 13.8 Å². The zero-order valence-corrected chi connectivity index (χ0v) is 7.79. The molecule has 1 aromatic heterocycles. The summed E-state index contributed by atoms with van der Waals surface area (Å²) in [7, 11) is 1.98. The average Bonchev–Trinajstić information content (AvgIpc) is 2.44. The van der Waals surface area contributed by atoms with E-state index in [0.717, 1.165) is 24.5 Å². The molecule has 0 aliphatic carbocycles. The quantitative estimate of drug-likeness (QED) is 0.631. The Labute approximate surface area is 72.3 Å². The lowest BCUT2D eigenvalue weighted by Crippen LogP contribution is -2.03. The molecule has 0 atom stereocenters. The molecule has 0 amide bonds. The van der Waals surface area contributed by atoms with Crippen LogP contribution in [-0.4, -0.2) is 16.4 Å². The summed E-state index contributed by atoms with van der Waals surface area (Å²) in [6.07, 6.45) is 0.968. The third-order valence-electron chi connectivity index (χ3n) is 2.25. The zero-order chi connectivity index (χ0) is 8.72. The van der Waals surface area contributed by atoms with E-state index in [1.54, 1.807) is 0 Å². The molecule has 1 aromatic rings. The van der Waals surface area contributed by atoms with Crippen molar-refractivity contribution in [2.24, 2.45) is 7.05 Å². The second-order valence-electron chi connectivity index (χ2n) is 3.54. The van der Waals surface area contributed by atoms with Gasteiger partial charge in [0.1, 0.15) is 5.69 Å². The predicted molar refractivity (Wildman–Crippen MR) is 46.5 cm³/mol. The smallest absolute Gasteiger partial charge is 0.163 e. The summed E-state index contributed by atoms with van der Waals surface area (Å²) in [6.45, 7) is 5.14. The summed E-state index contributed by atoms with van der Waals surface area (Å²) in [4.78, 5) is 0. The SMILES string of the molecule is CC(C)c1c2c(nn1C)CCO2. The van der Waals surface area contributed by atoms with Crippen LogP contribution in [0.1, 0.15) is 31.2 Å². The molecule has 0 fully saturated rings. The molecule has 0 aromatic carbocycles. The minimum Gasteiger partial charge on any atom is -0.489 e. The van der Waals surface area contributed by atoms with Crippen LogP contribution in [0, 0.1) is 0 Å². The topological polar surface area (TPSA) is 27.1 Å². The van der Waals surface area contributed by atoms with Gasteiger partial charge in [-0.25, -0.2) is 0 Å². The van der Waals surface area contributed by atoms with Crippen molar-refractivity contribution in [1.82, 2.24) is 9.78 Å². The Balaban J connectivity index is 2.52. The van der Waals surface area contributed by atoms with Crippen molar-refractivity contribution in [1.29, 1.82) is 0 Å². The van der Waals surface area contributed by atoms with E-state index in [1.807, 2.05) is 11.7 Å². The second-order valence-corrected chi connectivity index (χ2v) is 3.54. The molecule has 12 heavy (non-hydrogen) atoms. The van der Waals surface area contributed by atoms with Crippen molar-refractivity contribution < 1.29 is 4.74 Å². The molecule has 3 heteroatoms. The van der Waals surface area contributed by atoms with Crippen LogP contribution in [0.5, 0.6) is 5.75 Å². The van der Waals surface area contributed by atoms with Crippen molar-refractivity contribution >= 4 is 0 Å². The molecule has 66 valence electrons. The van der Waals surface area contributed by atoms with Crippen molar-refractivity contribution in [3.63, 3.8) is 0 Å². The van der Waals surface area contributed by atoms with Gasteiger partial charge in [0.05, 0.1) is 12.3 Å². The molecule has 0 spiro atoms. The fourth-order valence-corrected chi connectivity index (χ4v) is 1.78. The van der Waals surface area contributed by atoms with Gasteiger partial charge >= 0.3 is 0 Å². The van der Waals surface area contributed by atoms with Crippen LogP contribution in [0.25, 0.3) is 0 Å². The highest BCUT2D eigenvalue weighted by atomic mass is 16.5. The number of aromatic nitrogens is 2. The molecule has 0 radical (unpaired) electrons. The van der Waals surface area contributed by atoms with E-state index in [2.05, 4.69) is 18.9 Å². The van der Waals surface area contributed by atoms with Gasteiger partial charge in [-0.05, 0) is 5.92 Å². The van der Waals surface area contributed by atoms with Gasteiger partial charge in [-0.2, -0.15) is 5.10 Å². The molecule has 3 nitrogen and oxygen atoms in total. The maximum Gasteiger partial charge on any atom is 0.163 e. The van der Waals surface area contributed by atoms with Gasteiger partial charge in [0.15, 0.2) is 5.75 Å². The standard InChI is InChI=1S/C9H14N2O/c1-6(2)8-9-7(4-5-12-9)10-11(8)3/h6H,4-5H2,1-3H3. The minimum absolute atomic E-state index is 0.490. The van der Waals surface area contributed by atoms with Gasteiger partial charge in [0.2, 0.25) is 0 Å². The van der Waals surface area contributed by atoms with E-state index in [1.165, 1.54) is 5.69 Å². The number of nitrogens with zero attached hydrogens (tertiary/aromatic N) is 2. The summed E-state index contributed by atoms with van der Waals surface area (Å²) in [5, 5.41) is 4.40. The average molecular weight is 166 g/mol. The van der Waals surface area contributed by atoms with Gasteiger partial charge in [0.25, 0.3) is 0 Å². The fourth-order valence-electron chi connectivity index (χ4n) is 1.78. The van der Waals surface area contributed by atoms with Crippen LogP contribution < -0.4 is 4.74 Å². The third-order valence-corrected chi connectivity index (χ3v) is 2.25. The van der Waals surface area contributed by atoms with Gasteiger partial charge in [-0.3, -0.25) is 4.68 Å². The molecule has 2 rings (SSSR count). The minimum atomic E-state index is 0.490. The predicted octanol–water partition coefficient (Wildman–Crippen LogP) is 1.48. The highest BCUT2D eigenvalue weighted by molar-refractivity contribution is 5.38. The summed E-state index contributed by atoms with van der Waals surface area (Å²) in [5.74, 6) is 1.52. The number of aryl methyl sites for hydroxylation is 1. The van der Waals surface area contributed by atoms with Crippen molar-refractivity contribution in [2.75, 3.05) is 6.61 Å². The highest BCUT2D eigenvalue weighted by Gasteiger charge is 2.23. The van der Waals surface area contributed by atoms with Crippen LogP contribution in [0.3, 0.4) is 0 Å². The normalized spacial score (nSPS) is 15.0. The van der Waals surface area contributed by atoms with Crippen LogP contribution >= 0.6 is 0 Å². The van der Waals surface area contributed by atoms with E-state index in [0.29, 0.717) is 5.92 Å².